The third-order valence-corrected chi connectivity index (χ3v) is 6.85. The molecule has 0 radical (unpaired) electrons. The fourth-order valence-corrected chi connectivity index (χ4v) is 5.39. The Morgan fingerprint density at radius 2 is 1.97 bits per heavy atom. The summed E-state index contributed by atoms with van der Waals surface area (Å²) in [5.74, 6) is 0.840. The standard InChI is InChI=1S/C22H23N5O4S/c1-2-30-22(29)26-12-10-25(11-13-26)17(15-7-4-3-5-8-15)18-20(28)27-21(32-18)23-19(24-27)16-9-6-14-31-16/h3-9,14,17-18H,2,10-13H2,1H3. The van der Waals surface area contributed by atoms with Crippen LogP contribution in [-0.4, -0.2) is 74.6 Å². The molecular weight excluding hydrogens is 430 g/mol. The summed E-state index contributed by atoms with van der Waals surface area (Å²) in [7, 11) is 0. The Labute approximate surface area is 189 Å². The molecule has 2 aromatic heterocycles. The topological polar surface area (TPSA) is 93.7 Å². The minimum absolute atomic E-state index is 0.100. The van der Waals surface area contributed by atoms with Gasteiger partial charge in [-0.15, -0.1) is 5.10 Å². The lowest BCUT2D eigenvalue weighted by molar-refractivity contribution is 0.0600. The van der Waals surface area contributed by atoms with E-state index >= 15 is 0 Å². The van der Waals surface area contributed by atoms with Gasteiger partial charge in [-0.1, -0.05) is 42.1 Å². The van der Waals surface area contributed by atoms with Gasteiger partial charge in [0.05, 0.1) is 18.9 Å². The summed E-state index contributed by atoms with van der Waals surface area (Å²) in [6.07, 6.45) is 1.27. The van der Waals surface area contributed by atoms with Crippen molar-refractivity contribution < 1.29 is 18.7 Å². The van der Waals surface area contributed by atoms with Crippen LogP contribution in [0.1, 0.15) is 23.3 Å². The molecule has 10 heteroatoms. The average molecular weight is 454 g/mol. The van der Waals surface area contributed by atoms with Gasteiger partial charge in [0.2, 0.25) is 5.82 Å². The van der Waals surface area contributed by atoms with E-state index in [0.29, 0.717) is 49.5 Å². The number of ether oxygens (including phenoxy) is 1. The highest BCUT2D eigenvalue weighted by Crippen LogP contribution is 2.41. The normalized spacial score (nSPS) is 19.7. The van der Waals surface area contributed by atoms with Crippen LogP contribution >= 0.6 is 11.8 Å². The zero-order valence-electron chi connectivity index (χ0n) is 17.6. The van der Waals surface area contributed by atoms with Gasteiger partial charge in [-0.05, 0) is 24.6 Å². The summed E-state index contributed by atoms with van der Waals surface area (Å²) < 4.78 is 11.9. The van der Waals surface area contributed by atoms with E-state index in [4.69, 9.17) is 9.15 Å². The summed E-state index contributed by atoms with van der Waals surface area (Å²) in [5.41, 5.74) is 1.06. The van der Waals surface area contributed by atoms with Gasteiger partial charge in [0.25, 0.3) is 5.91 Å². The second-order valence-corrected chi connectivity index (χ2v) is 8.67. The molecule has 3 aromatic rings. The molecule has 2 unspecified atom stereocenters. The van der Waals surface area contributed by atoms with Crippen molar-refractivity contribution in [2.75, 3.05) is 32.8 Å². The molecule has 0 spiro atoms. The van der Waals surface area contributed by atoms with Gasteiger partial charge < -0.3 is 14.1 Å². The number of hydrogen-bond donors (Lipinski definition) is 0. The van der Waals surface area contributed by atoms with Crippen LogP contribution in [0.4, 0.5) is 4.79 Å². The highest BCUT2D eigenvalue weighted by molar-refractivity contribution is 8.00. The van der Waals surface area contributed by atoms with Crippen LogP contribution in [0.3, 0.4) is 0 Å². The van der Waals surface area contributed by atoms with Crippen molar-refractivity contribution in [3.63, 3.8) is 0 Å². The number of fused-ring (bicyclic) bond motifs is 1. The molecule has 2 atom stereocenters. The SMILES string of the molecule is CCOC(=O)N1CCN(C(c2ccccc2)C2Sc3nc(-c4ccco4)nn3C2=O)CC1. The molecule has 2 aliphatic heterocycles. The Hall–Kier alpha value is -3.11. The van der Waals surface area contributed by atoms with E-state index in [9.17, 15) is 9.59 Å². The maximum atomic E-state index is 13.4. The van der Waals surface area contributed by atoms with Gasteiger partial charge in [-0.3, -0.25) is 9.69 Å². The zero-order valence-corrected chi connectivity index (χ0v) is 18.4. The van der Waals surface area contributed by atoms with Gasteiger partial charge in [0.15, 0.2) is 10.9 Å². The molecule has 4 heterocycles. The maximum Gasteiger partial charge on any atom is 0.409 e. The maximum absolute atomic E-state index is 13.4. The van der Waals surface area contributed by atoms with E-state index < -0.39 is 0 Å². The van der Waals surface area contributed by atoms with Crippen LogP contribution in [0.25, 0.3) is 11.6 Å². The number of hydrogen-bond acceptors (Lipinski definition) is 8. The number of piperazine rings is 1. The molecule has 32 heavy (non-hydrogen) atoms. The number of nitrogens with zero attached hydrogens (tertiary/aromatic N) is 5. The Kier molecular flexibility index (Phi) is 5.71. The summed E-state index contributed by atoms with van der Waals surface area (Å²) in [6, 6.07) is 13.4. The van der Waals surface area contributed by atoms with E-state index in [-0.39, 0.29) is 23.3 Å². The lowest BCUT2D eigenvalue weighted by Crippen LogP contribution is -2.52. The van der Waals surface area contributed by atoms with Crippen molar-refractivity contribution in [1.82, 2.24) is 24.6 Å². The lowest BCUT2D eigenvalue weighted by Gasteiger charge is -2.40. The number of benzene rings is 1. The van der Waals surface area contributed by atoms with Gasteiger partial charge in [0, 0.05) is 26.2 Å². The second-order valence-electron chi connectivity index (χ2n) is 7.56. The molecule has 1 fully saturated rings. The fourth-order valence-electron chi connectivity index (χ4n) is 4.14. The van der Waals surface area contributed by atoms with Gasteiger partial charge in [-0.25, -0.2) is 4.79 Å². The Balaban J connectivity index is 1.38. The van der Waals surface area contributed by atoms with Gasteiger partial charge in [-0.2, -0.15) is 9.67 Å². The van der Waals surface area contributed by atoms with E-state index in [2.05, 4.69) is 15.0 Å². The third kappa shape index (κ3) is 3.80. The Bertz CT molecular complexity index is 1090. The molecular formula is C22H23N5O4S. The molecule has 2 aliphatic rings. The van der Waals surface area contributed by atoms with E-state index in [1.165, 1.54) is 16.4 Å². The predicted octanol–water partition coefficient (Wildman–Crippen LogP) is 3.17. The summed E-state index contributed by atoms with van der Waals surface area (Å²) in [6.45, 7) is 4.57. The summed E-state index contributed by atoms with van der Waals surface area (Å²) in [4.78, 5) is 34.0. The van der Waals surface area contributed by atoms with Crippen molar-refractivity contribution in [1.29, 1.82) is 0 Å². The van der Waals surface area contributed by atoms with Crippen molar-refractivity contribution >= 4 is 23.8 Å². The number of amides is 1. The molecule has 1 aromatic carbocycles. The first-order valence-electron chi connectivity index (χ1n) is 10.6. The predicted molar refractivity (Wildman–Crippen MR) is 117 cm³/mol. The highest BCUT2D eigenvalue weighted by atomic mass is 32.2. The molecule has 0 saturated carbocycles. The highest BCUT2D eigenvalue weighted by Gasteiger charge is 2.44. The first-order valence-corrected chi connectivity index (χ1v) is 11.5. The molecule has 0 bridgehead atoms. The van der Waals surface area contributed by atoms with Crippen molar-refractivity contribution in [2.24, 2.45) is 0 Å². The van der Waals surface area contributed by atoms with Gasteiger partial charge in [0.1, 0.15) is 5.25 Å². The van der Waals surface area contributed by atoms with Crippen LogP contribution in [0.5, 0.6) is 0 Å². The van der Waals surface area contributed by atoms with E-state index in [1.54, 1.807) is 30.2 Å². The minimum Gasteiger partial charge on any atom is -0.461 e. The minimum atomic E-state index is -0.382. The number of thioether (sulfide) groups is 1. The molecule has 1 saturated heterocycles. The quantitative estimate of drug-likeness (QED) is 0.582. The van der Waals surface area contributed by atoms with Crippen molar-refractivity contribution in [2.45, 2.75) is 23.4 Å². The molecule has 166 valence electrons. The third-order valence-electron chi connectivity index (χ3n) is 5.67. The van der Waals surface area contributed by atoms with Crippen LogP contribution < -0.4 is 0 Å². The number of furan rings is 1. The van der Waals surface area contributed by atoms with Crippen LogP contribution in [0.2, 0.25) is 0 Å². The largest absolute Gasteiger partial charge is 0.461 e. The van der Waals surface area contributed by atoms with Crippen LogP contribution in [0, 0.1) is 0 Å². The lowest BCUT2D eigenvalue weighted by atomic mass is 10.00. The van der Waals surface area contributed by atoms with Crippen molar-refractivity contribution in [3.8, 4) is 11.6 Å². The van der Waals surface area contributed by atoms with E-state index in [0.717, 1.165) is 5.56 Å². The molecule has 5 rings (SSSR count). The number of rotatable bonds is 5. The number of carbonyl (C=O) groups is 2. The van der Waals surface area contributed by atoms with Crippen LogP contribution in [0.15, 0.2) is 58.3 Å². The van der Waals surface area contributed by atoms with Gasteiger partial charge >= 0.3 is 6.09 Å². The fraction of sp³-hybridized carbons (Fsp3) is 0.364. The Morgan fingerprint density at radius 1 is 1.19 bits per heavy atom. The zero-order chi connectivity index (χ0) is 22.1. The molecule has 9 nitrogen and oxygen atoms in total. The number of aromatic nitrogens is 3. The first-order chi connectivity index (χ1) is 15.7. The molecule has 1 amide bonds. The summed E-state index contributed by atoms with van der Waals surface area (Å²) in [5, 5.41) is 4.58. The Morgan fingerprint density at radius 3 is 2.62 bits per heavy atom. The second kappa shape index (κ2) is 8.79. The average Bonchev–Trinajstić information content (AvgIpc) is 3.54. The van der Waals surface area contributed by atoms with Crippen molar-refractivity contribution in [3.05, 3.63) is 54.3 Å². The summed E-state index contributed by atoms with van der Waals surface area (Å²) >= 11 is 1.43. The monoisotopic (exact) mass is 453 g/mol. The first kappa shape index (κ1) is 20.8. The smallest absolute Gasteiger partial charge is 0.409 e. The molecule has 0 aliphatic carbocycles. The number of carbonyl (C=O) groups excluding carboxylic acids is 2. The van der Waals surface area contributed by atoms with E-state index in [1.807, 2.05) is 30.3 Å². The molecule has 0 N–H and O–H groups in total. The van der Waals surface area contributed by atoms with Crippen LogP contribution in [-0.2, 0) is 4.74 Å².